The molecule has 11 heteroatoms. The molecule has 4 N–H and O–H groups in total. The number of nitrogen functional groups attached to an aromatic ring is 1. The molecule has 0 bridgehead atoms. The highest BCUT2D eigenvalue weighted by atomic mass is 79.9. The van der Waals surface area contributed by atoms with Gasteiger partial charge in [-0.15, -0.1) is 0 Å². The van der Waals surface area contributed by atoms with Gasteiger partial charge in [-0.05, 0) is 31.5 Å². The number of fused-ring (bicyclic) bond motifs is 1. The van der Waals surface area contributed by atoms with E-state index in [0.717, 1.165) is 6.07 Å². The highest BCUT2D eigenvalue weighted by molar-refractivity contribution is 9.10. The predicted molar refractivity (Wildman–Crippen MR) is 94.9 cm³/mol. The van der Waals surface area contributed by atoms with E-state index in [4.69, 9.17) is 5.84 Å². The number of aromatic amines is 1. The minimum absolute atomic E-state index is 0.00858. The molecule has 7 nitrogen and oxygen atoms in total. The minimum Gasteiger partial charge on any atom is -0.330 e. The first-order valence-corrected chi connectivity index (χ1v) is 8.67. The lowest BCUT2D eigenvalue weighted by molar-refractivity contribution is -0.138. The summed E-state index contributed by atoms with van der Waals surface area (Å²) in [5, 5.41) is 0. The van der Waals surface area contributed by atoms with E-state index < -0.39 is 17.6 Å². The van der Waals surface area contributed by atoms with E-state index in [9.17, 15) is 22.8 Å². The maximum atomic E-state index is 13.1. The van der Waals surface area contributed by atoms with E-state index >= 15 is 0 Å². The summed E-state index contributed by atoms with van der Waals surface area (Å²) >= 11 is 2.86. The highest BCUT2D eigenvalue weighted by Crippen LogP contribution is 2.35. The molecule has 0 radical (unpaired) electrons. The number of benzene rings is 1. The van der Waals surface area contributed by atoms with Crippen LogP contribution in [-0.4, -0.2) is 26.8 Å². The van der Waals surface area contributed by atoms with Crippen LogP contribution in [0.5, 0.6) is 0 Å². The Balaban J connectivity index is 1.97. The van der Waals surface area contributed by atoms with Crippen LogP contribution in [0.3, 0.4) is 0 Å². The molecule has 3 rings (SSSR count). The number of nitrogens with one attached hydrogen (secondary N) is 2. The van der Waals surface area contributed by atoms with Crippen LogP contribution in [0.15, 0.2) is 27.5 Å². The summed E-state index contributed by atoms with van der Waals surface area (Å²) < 4.78 is 39.2. The first-order chi connectivity index (χ1) is 12.6. The number of nitrogens with zero attached hydrogens (tertiary/aromatic N) is 2. The number of hydrazine groups is 1. The van der Waals surface area contributed by atoms with Gasteiger partial charge in [0.1, 0.15) is 0 Å². The Morgan fingerprint density at radius 1 is 1.44 bits per heavy atom. The molecule has 27 heavy (non-hydrogen) atoms. The molecule has 1 aliphatic heterocycles. The number of carbonyl (C=O) groups excluding carboxylic acids is 1. The van der Waals surface area contributed by atoms with Gasteiger partial charge < -0.3 is 4.90 Å². The second-order valence-corrected chi connectivity index (χ2v) is 7.02. The second-order valence-electron chi connectivity index (χ2n) is 6.16. The van der Waals surface area contributed by atoms with Gasteiger partial charge in [0.2, 0.25) is 5.95 Å². The van der Waals surface area contributed by atoms with E-state index in [0.29, 0.717) is 11.3 Å². The van der Waals surface area contributed by atoms with Crippen molar-refractivity contribution in [2.75, 3.05) is 5.43 Å². The van der Waals surface area contributed by atoms with Crippen molar-refractivity contribution in [1.82, 2.24) is 14.9 Å². The third-order valence-corrected chi connectivity index (χ3v) is 5.06. The maximum Gasteiger partial charge on any atom is 0.417 e. The van der Waals surface area contributed by atoms with Gasteiger partial charge in [-0.25, -0.2) is 10.8 Å². The lowest BCUT2D eigenvalue weighted by atomic mass is 9.98. The lowest BCUT2D eigenvalue weighted by Gasteiger charge is -2.34. The fraction of sp³-hybridized carbons (Fsp3) is 0.312. The van der Waals surface area contributed by atoms with Gasteiger partial charge in [0.05, 0.1) is 17.8 Å². The summed E-state index contributed by atoms with van der Waals surface area (Å²) in [7, 11) is 0. The van der Waals surface area contributed by atoms with Crippen molar-refractivity contribution in [3.8, 4) is 0 Å². The number of rotatable bonds is 2. The molecule has 0 saturated carbocycles. The van der Waals surface area contributed by atoms with E-state index in [-0.39, 0.29) is 40.6 Å². The van der Waals surface area contributed by atoms with Crippen LogP contribution >= 0.6 is 15.9 Å². The van der Waals surface area contributed by atoms with Crippen molar-refractivity contribution in [3.63, 3.8) is 0 Å². The van der Waals surface area contributed by atoms with Gasteiger partial charge >= 0.3 is 6.18 Å². The monoisotopic (exact) mass is 445 g/mol. The van der Waals surface area contributed by atoms with Gasteiger partial charge in [-0.3, -0.25) is 20.0 Å². The third kappa shape index (κ3) is 3.69. The van der Waals surface area contributed by atoms with E-state index in [1.807, 2.05) is 0 Å². The number of carbonyl (C=O) groups is 1. The molecule has 0 spiro atoms. The fourth-order valence-corrected chi connectivity index (χ4v) is 3.46. The van der Waals surface area contributed by atoms with Crippen molar-refractivity contribution in [2.24, 2.45) is 5.84 Å². The van der Waals surface area contributed by atoms with Gasteiger partial charge in [0.15, 0.2) is 0 Å². The molecule has 1 atom stereocenters. The summed E-state index contributed by atoms with van der Waals surface area (Å²) in [6.07, 6.45) is -4.36. The molecule has 144 valence electrons. The normalized spacial score (nSPS) is 16.8. The standard InChI is InChI=1S/C16H15BrF3N5O2/c1-7-4-9-12(22-15(24-21)23-13(9)26)6-25(7)14(27)8-2-3-11(17)10(5-8)16(18,19)20/h2-3,5,7H,4,6,21H2,1H3,(H2,22,23,24,26). The molecule has 2 aromatic rings. The first kappa shape index (κ1) is 19.4. The fourth-order valence-electron chi connectivity index (χ4n) is 2.99. The Bertz CT molecular complexity index is 960. The Kier molecular flexibility index (Phi) is 5.00. The summed E-state index contributed by atoms with van der Waals surface area (Å²) in [6.45, 7) is 1.71. The van der Waals surface area contributed by atoms with Crippen molar-refractivity contribution in [2.45, 2.75) is 32.1 Å². The molecule has 0 saturated heterocycles. The predicted octanol–water partition coefficient (Wildman–Crippen LogP) is 2.42. The van der Waals surface area contributed by atoms with Crippen molar-refractivity contribution >= 4 is 27.8 Å². The summed E-state index contributed by atoms with van der Waals surface area (Å²) in [5.41, 5.74) is 1.63. The number of hydrogen-bond donors (Lipinski definition) is 3. The molecule has 1 aromatic heterocycles. The molecular weight excluding hydrogens is 431 g/mol. The maximum absolute atomic E-state index is 13.1. The summed E-state index contributed by atoms with van der Waals surface area (Å²) in [4.78, 5) is 33.0. The molecule has 0 fully saturated rings. The number of halogens is 4. The quantitative estimate of drug-likeness (QED) is 0.486. The number of nitrogens with two attached hydrogens (primary N) is 1. The van der Waals surface area contributed by atoms with E-state index in [1.165, 1.54) is 17.0 Å². The Morgan fingerprint density at radius 2 is 2.15 bits per heavy atom. The van der Waals surface area contributed by atoms with Crippen LogP contribution in [0.1, 0.15) is 34.1 Å². The zero-order valence-corrected chi connectivity index (χ0v) is 15.6. The molecule has 0 aliphatic carbocycles. The molecule has 2 heterocycles. The van der Waals surface area contributed by atoms with Crippen LogP contribution in [0.4, 0.5) is 19.1 Å². The average Bonchev–Trinajstić information content (AvgIpc) is 2.60. The second kappa shape index (κ2) is 6.97. The Morgan fingerprint density at radius 3 is 2.78 bits per heavy atom. The van der Waals surface area contributed by atoms with Crippen LogP contribution in [-0.2, 0) is 19.1 Å². The molecular formula is C16H15BrF3N5O2. The third-order valence-electron chi connectivity index (χ3n) is 4.37. The van der Waals surface area contributed by atoms with E-state index in [2.05, 4.69) is 31.3 Å². The van der Waals surface area contributed by atoms with Crippen LogP contribution < -0.4 is 16.8 Å². The van der Waals surface area contributed by atoms with Gasteiger partial charge in [-0.2, -0.15) is 13.2 Å². The highest BCUT2D eigenvalue weighted by Gasteiger charge is 2.35. The van der Waals surface area contributed by atoms with Gasteiger partial charge in [0.25, 0.3) is 11.5 Å². The van der Waals surface area contributed by atoms with Crippen molar-refractivity contribution in [1.29, 1.82) is 0 Å². The van der Waals surface area contributed by atoms with Crippen LogP contribution in [0.25, 0.3) is 0 Å². The summed E-state index contributed by atoms with van der Waals surface area (Å²) in [6, 6.07) is 2.94. The minimum atomic E-state index is -4.59. The molecule has 1 aromatic carbocycles. The smallest absolute Gasteiger partial charge is 0.330 e. The molecule has 1 aliphatic rings. The number of aromatic nitrogens is 2. The number of hydrogen-bond acceptors (Lipinski definition) is 5. The molecule has 1 amide bonds. The first-order valence-electron chi connectivity index (χ1n) is 7.88. The zero-order chi connectivity index (χ0) is 19.9. The number of H-pyrrole nitrogens is 1. The average molecular weight is 446 g/mol. The largest absolute Gasteiger partial charge is 0.417 e. The van der Waals surface area contributed by atoms with Crippen molar-refractivity contribution < 1.29 is 18.0 Å². The number of alkyl halides is 3. The summed E-state index contributed by atoms with van der Waals surface area (Å²) in [5.74, 6) is 4.73. The van der Waals surface area contributed by atoms with E-state index in [1.54, 1.807) is 6.92 Å². The van der Waals surface area contributed by atoms with Crippen molar-refractivity contribution in [3.05, 3.63) is 55.4 Å². The zero-order valence-electron chi connectivity index (χ0n) is 14.0. The SMILES string of the molecule is CC1Cc2c(nc(NN)[nH]c2=O)CN1C(=O)c1ccc(Br)c(C(F)(F)F)c1. The Labute approximate surface area is 159 Å². The van der Waals surface area contributed by atoms with Crippen LogP contribution in [0, 0.1) is 0 Å². The lowest BCUT2D eigenvalue weighted by Crippen LogP contribution is -2.45. The topological polar surface area (TPSA) is 104 Å². The van der Waals surface area contributed by atoms with Gasteiger partial charge in [-0.1, -0.05) is 15.9 Å². The molecule has 1 unspecified atom stereocenters. The van der Waals surface area contributed by atoms with Gasteiger partial charge in [0, 0.05) is 21.6 Å². The number of amides is 1. The van der Waals surface area contributed by atoms with Crippen LogP contribution in [0.2, 0.25) is 0 Å². The Hall–Kier alpha value is -2.40. The number of anilines is 1.